The molecule has 1 saturated heterocycles. The molecule has 2 aliphatic rings. The third kappa shape index (κ3) is 2.74. The summed E-state index contributed by atoms with van der Waals surface area (Å²) in [6.45, 7) is 7.64. The van der Waals surface area contributed by atoms with E-state index in [4.69, 9.17) is 27.9 Å². The number of carbonyl (C=O) groups is 2. The zero-order valence-electron chi connectivity index (χ0n) is 14.1. The van der Waals surface area contributed by atoms with Crippen molar-refractivity contribution in [3.63, 3.8) is 0 Å². The molecule has 1 aromatic rings. The molecule has 2 amide bonds. The molecule has 1 fully saturated rings. The molecule has 2 atom stereocenters. The number of amides is 2. The Bertz CT molecular complexity index is 729. The number of halogens is 2. The van der Waals surface area contributed by atoms with Gasteiger partial charge in [0.15, 0.2) is 0 Å². The minimum Gasteiger partial charge on any atom is -0.444 e. The number of rotatable bonds is 0. The molecule has 2 aliphatic heterocycles. The maximum Gasteiger partial charge on any atom is 0.410 e. The molecule has 0 bridgehead atoms. The Hall–Kier alpha value is -1.46. The fraction of sp³-hybridized carbons (Fsp3) is 0.529. The largest absolute Gasteiger partial charge is 0.444 e. The summed E-state index contributed by atoms with van der Waals surface area (Å²) in [5.41, 5.74) is 0.0616. The van der Waals surface area contributed by atoms with Crippen molar-refractivity contribution in [2.24, 2.45) is 0 Å². The zero-order chi connectivity index (χ0) is 17.9. The fourth-order valence-corrected chi connectivity index (χ4v) is 3.79. The van der Waals surface area contributed by atoms with Crippen molar-refractivity contribution >= 4 is 40.9 Å². The van der Waals surface area contributed by atoms with Crippen molar-refractivity contribution in [1.82, 2.24) is 4.90 Å². The third-order valence-corrected chi connectivity index (χ3v) is 5.23. The molecule has 1 spiro atoms. The summed E-state index contributed by atoms with van der Waals surface area (Å²) in [5.74, 6) is -0.131. The number of nitrogens with zero attached hydrogens (tertiary/aromatic N) is 1. The van der Waals surface area contributed by atoms with Gasteiger partial charge >= 0.3 is 6.09 Å². The van der Waals surface area contributed by atoms with Gasteiger partial charge in [0, 0.05) is 18.3 Å². The van der Waals surface area contributed by atoms with Crippen LogP contribution >= 0.6 is 23.2 Å². The van der Waals surface area contributed by atoms with Crippen molar-refractivity contribution in [2.75, 3.05) is 11.9 Å². The van der Waals surface area contributed by atoms with E-state index >= 15 is 0 Å². The average Bonchev–Trinajstić information content (AvgIpc) is 2.90. The number of carbonyl (C=O) groups excluding carboxylic acids is 2. The number of ether oxygens (including phenoxy) is 1. The summed E-state index contributed by atoms with van der Waals surface area (Å²) < 4.78 is 5.47. The van der Waals surface area contributed by atoms with Crippen LogP contribution in [0.3, 0.4) is 0 Å². The molecule has 3 rings (SSSR count). The van der Waals surface area contributed by atoms with Crippen LogP contribution in [0.2, 0.25) is 10.0 Å². The van der Waals surface area contributed by atoms with Gasteiger partial charge in [-0.25, -0.2) is 4.79 Å². The summed E-state index contributed by atoms with van der Waals surface area (Å²) in [7, 11) is 0. The van der Waals surface area contributed by atoms with Crippen LogP contribution in [0.4, 0.5) is 10.5 Å². The second-order valence-electron chi connectivity index (χ2n) is 7.51. The second kappa shape index (κ2) is 5.53. The lowest BCUT2D eigenvalue weighted by molar-refractivity contribution is -0.120. The number of likely N-dealkylation sites (tertiary alicyclic amines) is 1. The van der Waals surface area contributed by atoms with E-state index in [1.54, 1.807) is 17.0 Å². The highest BCUT2D eigenvalue weighted by molar-refractivity contribution is 6.42. The summed E-state index contributed by atoms with van der Waals surface area (Å²) in [4.78, 5) is 26.8. The molecule has 130 valence electrons. The van der Waals surface area contributed by atoms with Gasteiger partial charge in [0.25, 0.3) is 0 Å². The van der Waals surface area contributed by atoms with Gasteiger partial charge in [-0.05, 0) is 51.8 Å². The first-order valence-corrected chi connectivity index (χ1v) is 8.60. The lowest BCUT2D eigenvalue weighted by atomic mass is 9.80. The highest BCUT2D eigenvalue weighted by Crippen LogP contribution is 2.48. The standard InChI is InChI=1S/C17H20Cl2N2O3/c1-9-7-17(8-21(9)15(23)24-16(2,3)4)10-5-11(18)12(19)6-13(10)20-14(17)22/h5-6,9H,7-8H2,1-4H3,(H,20,22). The van der Waals surface area contributed by atoms with Gasteiger partial charge in [-0.2, -0.15) is 0 Å². The molecular formula is C17H20Cl2N2O3. The highest BCUT2D eigenvalue weighted by atomic mass is 35.5. The Morgan fingerprint density at radius 2 is 1.96 bits per heavy atom. The van der Waals surface area contributed by atoms with Gasteiger partial charge in [-0.3, -0.25) is 4.79 Å². The first kappa shape index (κ1) is 17.4. The molecule has 0 aliphatic carbocycles. The SMILES string of the molecule is CC1CC2(CN1C(=O)OC(C)(C)C)C(=O)Nc1cc(Cl)c(Cl)cc12. The highest BCUT2D eigenvalue weighted by Gasteiger charge is 2.55. The monoisotopic (exact) mass is 370 g/mol. The summed E-state index contributed by atoms with van der Waals surface area (Å²) in [6, 6.07) is 3.26. The number of hydrogen-bond acceptors (Lipinski definition) is 3. The van der Waals surface area contributed by atoms with E-state index in [1.807, 2.05) is 27.7 Å². The fourth-order valence-electron chi connectivity index (χ4n) is 3.46. The molecule has 5 nitrogen and oxygen atoms in total. The van der Waals surface area contributed by atoms with Crippen molar-refractivity contribution in [3.05, 3.63) is 27.7 Å². The quantitative estimate of drug-likeness (QED) is 0.743. The lowest BCUT2D eigenvalue weighted by Gasteiger charge is -2.27. The van der Waals surface area contributed by atoms with Crippen LogP contribution in [0, 0.1) is 0 Å². The first-order valence-electron chi connectivity index (χ1n) is 7.84. The van der Waals surface area contributed by atoms with Gasteiger partial charge in [0.05, 0.1) is 15.5 Å². The number of benzene rings is 1. The second-order valence-corrected chi connectivity index (χ2v) is 8.32. The number of hydrogen-bond donors (Lipinski definition) is 1. The minimum absolute atomic E-state index is 0.119. The zero-order valence-corrected chi connectivity index (χ0v) is 15.6. The van der Waals surface area contributed by atoms with Gasteiger partial charge < -0.3 is 15.0 Å². The van der Waals surface area contributed by atoms with E-state index in [0.29, 0.717) is 22.2 Å². The number of nitrogens with one attached hydrogen (secondary N) is 1. The maximum absolute atomic E-state index is 12.7. The Labute approximate surface area is 151 Å². The predicted octanol–water partition coefficient (Wildman–Crippen LogP) is 4.21. The van der Waals surface area contributed by atoms with Crippen molar-refractivity contribution in [3.8, 4) is 0 Å². The van der Waals surface area contributed by atoms with E-state index < -0.39 is 17.1 Å². The predicted molar refractivity (Wildman–Crippen MR) is 93.8 cm³/mol. The van der Waals surface area contributed by atoms with Crippen molar-refractivity contribution < 1.29 is 14.3 Å². The average molecular weight is 371 g/mol. The Morgan fingerprint density at radius 1 is 1.33 bits per heavy atom. The van der Waals surface area contributed by atoms with Crippen LogP contribution in [0.1, 0.15) is 39.7 Å². The molecule has 0 radical (unpaired) electrons. The van der Waals surface area contributed by atoms with Crippen LogP contribution in [-0.2, 0) is 14.9 Å². The van der Waals surface area contributed by atoms with E-state index in [1.165, 1.54) is 0 Å². The molecule has 0 aromatic heterocycles. The lowest BCUT2D eigenvalue weighted by Crippen LogP contribution is -2.42. The van der Waals surface area contributed by atoms with Gasteiger partial charge in [-0.1, -0.05) is 23.2 Å². The molecule has 24 heavy (non-hydrogen) atoms. The number of anilines is 1. The Morgan fingerprint density at radius 3 is 2.58 bits per heavy atom. The summed E-state index contributed by atoms with van der Waals surface area (Å²) in [6.07, 6.45) is 0.108. The maximum atomic E-state index is 12.7. The molecule has 2 unspecified atom stereocenters. The Kier molecular flexibility index (Phi) is 4.00. The van der Waals surface area contributed by atoms with Crippen LogP contribution in [0.15, 0.2) is 12.1 Å². The molecular weight excluding hydrogens is 351 g/mol. The summed E-state index contributed by atoms with van der Waals surface area (Å²) >= 11 is 12.2. The van der Waals surface area contributed by atoms with Crippen LogP contribution in [-0.4, -0.2) is 35.1 Å². The van der Waals surface area contributed by atoms with E-state index in [2.05, 4.69) is 5.32 Å². The molecule has 2 heterocycles. The van der Waals surface area contributed by atoms with Gasteiger partial charge in [-0.15, -0.1) is 0 Å². The van der Waals surface area contributed by atoms with E-state index in [-0.39, 0.29) is 18.5 Å². The Balaban J connectivity index is 1.95. The first-order chi connectivity index (χ1) is 11.0. The van der Waals surface area contributed by atoms with Crippen LogP contribution in [0.5, 0.6) is 0 Å². The number of fused-ring (bicyclic) bond motifs is 2. The van der Waals surface area contributed by atoms with Gasteiger partial charge in [0.2, 0.25) is 5.91 Å². The van der Waals surface area contributed by atoms with Crippen molar-refractivity contribution in [1.29, 1.82) is 0 Å². The normalized spacial score (nSPS) is 25.8. The van der Waals surface area contributed by atoms with Crippen LogP contribution in [0.25, 0.3) is 0 Å². The molecule has 0 saturated carbocycles. The summed E-state index contributed by atoms with van der Waals surface area (Å²) in [5, 5.41) is 3.66. The van der Waals surface area contributed by atoms with Crippen molar-refractivity contribution in [2.45, 2.75) is 51.2 Å². The van der Waals surface area contributed by atoms with Gasteiger partial charge in [0.1, 0.15) is 5.60 Å². The molecule has 7 heteroatoms. The molecule has 1 aromatic carbocycles. The smallest absolute Gasteiger partial charge is 0.410 e. The topological polar surface area (TPSA) is 58.6 Å². The third-order valence-electron chi connectivity index (χ3n) is 4.50. The minimum atomic E-state index is -0.806. The van der Waals surface area contributed by atoms with Crippen LogP contribution < -0.4 is 5.32 Å². The van der Waals surface area contributed by atoms with E-state index in [0.717, 1.165) is 5.56 Å². The van der Waals surface area contributed by atoms with E-state index in [9.17, 15) is 9.59 Å². The molecule has 1 N–H and O–H groups in total.